The Morgan fingerprint density at radius 2 is 1.28 bits per heavy atom. The molecule has 6 heteroatoms. The van der Waals surface area contributed by atoms with Crippen LogP contribution in [0.15, 0.2) is 24.3 Å². The zero-order valence-electron chi connectivity index (χ0n) is 17.9. The first-order valence-corrected chi connectivity index (χ1v) is 11.0. The minimum Gasteiger partial charge on any atom is -0.481 e. The van der Waals surface area contributed by atoms with Crippen LogP contribution >= 0.6 is 0 Å². The van der Waals surface area contributed by atoms with Gasteiger partial charge in [-0.05, 0) is 38.5 Å². The highest BCUT2D eigenvalue weighted by atomic mass is 16.4. The van der Waals surface area contributed by atoms with Crippen LogP contribution in [0, 0.1) is 0 Å². The van der Waals surface area contributed by atoms with Gasteiger partial charge in [0.15, 0.2) is 0 Å². The number of carboxylic acids is 2. The predicted molar refractivity (Wildman–Crippen MR) is 116 cm³/mol. The molecule has 3 N–H and O–H groups in total. The van der Waals surface area contributed by atoms with Gasteiger partial charge in [0.2, 0.25) is 5.91 Å². The van der Waals surface area contributed by atoms with Crippen molar-refractivity contribution in [2.75, 3.05) is 0 Å². The average molecular weight is 410 g/mol. The first kappa shape index (κ1) is 26.9. The predicted octanol–water partition coefficient (Wildman–Crippen LogP) is 5.23. The smallest absolute Gasteiger partial charge is 0.305 e. The van der Waals surface area contributed by atoms with Crippen LogP contribution in [0.25, 0.3) is 0 Å². The Labute approximate surface area is 175 Å². The molecule has 0 rings (SSSR count). The summed E-state index contributed by atoms with van der Waals surface area (Å²) >= 11 is 0. The molecule has 0 aromatic rings. The van der Waals surface area contributed by atoms with E-state index in [1.807, 2.05) is 0 Å². The summed E-state index contributed by atoms with van der Waals surface area (Å²) in [6, 6.07) is -0.851. The largest absolute Gasteiger partial charge is 0.481 e. The van der Waals surface area contributed by atoms with E-state index < -0.39 is 18.0 Å². The summed E-state index contributed by atoms with van der Waals surface area (Å²) < 4.78 is 0. The van der Waals surface area contributed by atoms with Crippen LogP contribution in [0.4, 0.5) is 0 Å². The van der Waals surface area contributed by atoms with Crippen LogP contribution < -0.4 is 5.32 Å². The highest BCUT2D eigenvalue weighted by molar-refractivity contribution is 5.79. The lowest BCUT2D eigenvalue weighted by Gasteiger charge is -2.14. The zero-order chi connectivity index (χ0) is 21.7. The van der Waals surface area contributed by atoms with Crippen LogP contribution in [-0.4, -0.2) is 34.1 Å². The highest BCUT2D eigenvalue weighted by Crippen LogP contribution is 2.09. The van der Waals surface area contributed by atoms with Gasteiger partial charge in [-0.2, -0.15) is 0 Å². The molecular weight excluding hydrogens is 370 g/mol. The maximum absolute atomic E-state index is 11.8. The fourth-order valence-corrected chi connectivity index (χ4v) is 2.99. The van der Waals surface area contributed by atoms with Gasteiger partial charge in [-0.3, -0.25) is 14.4 Å². The van der Waals surface area contributed by atoms with Crippen molar-refractivity contribution in [3.63, 3.8) is 0 Å². The second-order valence-corrected chi connectivity index (χ2v) is 7.44. The number of hydrogen-bond donors (Lipinski definition) is 3. The number of carbonyl (C=O) groups excluding carboxylic acids is 1. The number of rotatable bonds is 19. The van der Waals surface area contributed by atoms with Crippen LogP contribution in [0.2, 0.25) is 0 Å². The molecule has 0 bridgehead atoms. The topological polar surface area (TPSA) is 104 Å². The van der Waals surface area contributed by atoms with Gasteiger partial charge in [-0.15, -0.1) is 0 Å². The van der Waals surface area contributed by atoms with E-state index in [-0.39, 0.29) is 18.7 Å². The lowest BCUT2D eigenvalue weighted by atomic mass is 10.1. The van der Waals surface area contributed by atoms with Gasteiger partial charge in [0.1, 0.15) is 0 Å². The van der Waals surface area contributed by atoms with Crippen molar-refractivity contribution in [3.8, 4) is 0 Å². The third-order valence-electron chi connectivity index (χ3n) is 4.56. The Bertz CT molecular complexity index is 497. The van der Waals surface area contributed by atoms with Crippen molar-refractivity contribution in [3.05, 3.63) is 24.3 Å². The maximum Gasteiger partial charge on any atom is 0.305 e. The molecule has 0 atom stereocenters. The number of unbranched alkanes of at least 4 members (excludes halogenated alkanes) is 8. The van der Waals surface area contributed by atoms with Crippen molar-refractivity contribution < 1.29 is 24.6 Å². The lowest BCUT2D eigenvalue weighted by molar-refractivity contribution is -0.139. The van der Waals surface area contributed by atoms with Crippen molar-refractivity contribution in [1.29, 1.82) is 0 Å². The number of aliphatic carboxylic acids is 2. The Kier molecular flexibility index (Phi) is 17.8. The van der Waals surface area contributed by atoms with Crippen molar-refractivity contribution >= 4 is 17.8 Å². The molecular formula is C23H39NO5. The molecule has 0 heterocycles. The summed E-state index contributed by atoms with van der Waals surface area (Å²) in [7, 11) is 0. The van der Waals surface area contributed by atoms with Crippen molar-refractivity contribution in [2.45, 2.75) is 103 Å². The Hall–Kier alpha value is -2.11. The van der Waals surface area contributed by atoms with E-state index in [1.54, 1.807) is 0 Å². The van der Waals surface area contributed by atoms with Crippen LogP contribution in [0.5, 0.6) is 0 Å². The summed E-state index contributed by atoms with van der Waals surface area (Å²) in [6.45, 7) is 2.22. The SMILES string of the molecule is CCCCC/C=C\C/C=C\CCCCCCCC(=O)NC(CC(=O)O)CC(=O)O. The molecule has 166 valence electrons. The molecule has 0 spiro atoms. The fourth-order valence-electron chi connectivity index (χ4n) is 2.99. The first-order valence-electron chi connectivity index (χ1n) is 11.0. The van der Waals surface area contributed by atoms with E-state index in [0.29, 0.717) is 6.42 Å². The molecule has 0 aromatic carbocycles. The van der Waals surface area contributed by atoms with Crippen molar-refractivity contribution in [1.82, 2.24) is 5.32 Å². The Morgan fingerprint density at radius 1 is 0.759 bits per heavy atom. The summed E-state index contributed by atoms with van der Waals surface area (Å²) in [6.07, 6.45) is 20.6. The molecule has 0 aliphatic heterocycles. The minimum absolute atomic E-state index is 0.275. The molecule has 0 saturated carbocycles. The number of carboxylic acid groups (broad SMARTS) is 2. The van der Waals surface area contributed by atoms with E-state index in [4.69, 9.17) is 10.2 Å². The summed E-state index contributed by atoms with van der Waals surface area (Å²) in [5.41, 5.74) is 0. The normalized spacial score (nSPS) is 11.5. The van der Waals surface area contributed by atoms with E-state index >= 15 is 0 Å². The monoisotopic (exact) mass is 409 g/mol. The van der Waals surface area contributed by atoms with E-state index in [1.165, 1.54) is 25.7 Å². The maximum atomic E-state index is 11.8. The van der Waals surface area contributed by atoms with Crippen LogP contribution in [-0.2, 0) is 14.4 Å². The molecule has 0 aliphatic rings. The van der Waals surface area contributed by atoms with E-state index in [2.05, 4.69) is 36.5 Å². The third-order valence-corrected chi connectivity index (χ3v) is 4.56. The van der Waals surface area contributed by atoms with Gasteiger partial charge in [0.05, 0.1) is 12.8 Å². The number of allylic oxidation sites excluding steroid dienone is 4. The van der Waals surface area contributed by atoms with Crippen LogP contribution in [0.3, 0.4) is 0 Å². The van der Waals surface area contributed by atoms with Crippen LogP contribution in [0.1, 0.15) is 96.8 Å². The lowest BCUT2D eigenvalue weighted by Crippen LogP contribution is -2.37. The number of carbonyl (C=O) groups is 3. The van der Waals surface area contributed by atoms with Gasteiger partial charge in [0, 0.05) is 12.5 Å². The Balaban J connectivity index is 3.63. The molecule has 29 heavy (non-hydrogen) atoms. The summed E-state index contributed by atoms with van der Waals surface area (Å²) in [5, 5.41) is 20.1. The van der Waals surface area contributed by atoms with Gasteiger partial charge in [-0.25, -0.2) is 0 Å². The third kappa shape index (κ3) is 20.4. The van der Waals surface area contributed by atoms with Crippen molar-refractivity contribution in [2.24, 2.45) is 0 Å². The highest BCUT2D eigenvalue weighted by Gasteiger charge is 2.18. The molecule has 0 fully saturated rings. The molecule has 1 amide bonds. The molecule has 6 nitrogen and oxygen atoms in total. The van der Waals surface area contributed by atoms with Gasteiger partial charge < -0.3 is 15.5 Å². The first-order chi connectivity index (χ1) is 14.0. The molecule has 0 aromatic heterocycles. The molecule has 0 unspecified atom stereocenters. The second-order valence-electron chi connectivity index (χ2n) is 7.44. The summed E-state index contributed by atoms with van der Waals surface area (Å²) in [4.78, 5) is 33.3. The molecule has 0 saturated heterocycles. The molecule has 0 radical (unpaired) electrons. The number of hydrogen-bond acceptors (Lipinski definition) is 3. The fraction of sp³-hybridized carbons (Fsp3) is 0.696. The van der Waals surface area contributed by atoms with Gasteiger partial charge in [0.25, 0.3) is 0 Å². The minimum atomic E-state index is -1.12. The van der Waals surface area contributed by atoms with E-state index in [9.17, 15) is 14.4 Å². The zero-order valence-corrected chi connectivity index (χ0v) is 17.9. The van der Waals surface area contributed by atoms with Gasteiger partial charge >= 0.3 is 11.9 Å². The number of amides is 1. The summed E-state index contributed by atoms with van der Waals surface area (Å²) in [5.74, 6) is -2.51. The Morgan fingerprint density at radius 3 is 1.83 bits per heavy atom. The standard InChI is InChI=1S/C23H39NO5/c1-2-3-4-5-6-7-8-9-10-11-12-13-14-15-16-17-21(25)24-20(18-22(26)27)19-23(28)29/h6-7,9-10,20H,2-5,8,11-19H2,1H3,(H,24,25)(H,26,27)(H,28,29)/b7-6-,10-9-. The van der Waals surface area contributed by atoms with Gasteiger partial charge in [-0.1, -0.05) is 63.3 Å². The quantitative estimate of drug-likeness (QED) is 0.200. The average Bonchev–Trinajstić information content (AvgIpc) is 2.63. The molecule has 0 aliphatic carbocycles. The number of nitrogens with one attached hydrogen (secondary N) is 1. The van der Waals surface area contributed by atoms with E-state index in [0.717, 1.165) is 44.9 Å². The second kappa shape index (κ2) is 19.2.